The van der Waals surface area contributed by atoms with Crippen molar-refractivity contribution >= 4 is 38.5 Å². The van der Waals surface area contributed by atoms with Crippen LogP contribution in [0.15, 0.2) is 59.3 Å². The minimum atomic E-state index is 0.328. The van der Waals surface area contributed by atoms with Gasteiger partial charge in [0.05, 0.1) is 11.4 Å². The largest absolute Gasteiger partial charge is 0.383 e. The lowest BCUT2D eigenvalue weighted by molar-refractivity contribution is 0.0815. The van der Waals surface area contributed by atoms with Gasteiger partial charge < -0.3 is 16.0 Å². The molecule has 4 aromatic rings. The maximum Gasteiger partial charge on any atom is 0.164 e. The van der Waals surface area contributed by atoms with Crippen molar-refractivity contribution in [1.29, 1.82) is 0 Å². The Hall–Kier alpha value is -3.01. The maximum atomic E-state index is 6.39. The third-order valence-electron chi connectivity index (χ3n) is 8.18. The molecular weight excluding hydrogens is 540 g/mol. The van der Waals surface area contributed by atoms with Crippen LogP contribution in [-0.4, -0.2) is 68.8 Å². The number of nitrogens with two attached hydrogens (primary N) is 1. The van der Waals surface area contributed by atoms with Crippen molar-refractivity contribution in [2.45, 2.75) is 44.3 Å². The lowest BCUT2D eigenvalue weighted by atomic mass is 9.90. The van der Waals surface area contributed by atoms with Crippen molar-refractivity contribution in [2.24, 2.45) is 0 Å². The first-order valence-electron chi connectivity index (χ1n) is 13.6. The van der Waals surface area contributed by atoms with Crippen molar-refractivity contribution < 1.29 is 0 Å². The monoisotopic (exact) mass is 574 g/mol. The first-order chi connectivity index (χ1) is 18.6. The Bertz CT molecular complexity index is 1390. The number of hydrogen-bond acceptors (Lipinski definition) is 7. The average Bonchev–Trinajstić information content (AvgIpc) is 3.34. The van der Waals surface area contributed by atoms with E-state index in [2.05, 4.69) is 95.2 Å². The van der Waals surface area contributed by atoms with E-state index >= 15 is 0 Å². The number of nitrogen functional groups attached to an aromatic ring is 1. The van der Waals surface area contributed by atoms with E-state index in [9.17, 15) is 0 Å². The lowest BCUT2D eigenvalue weighted by Gasteiger charge is -2.41. The molecule has 1 saturated carbocycles. The molecule has 3 heterocycles. The molecule has 198 valence electrons. The van der Waals surface area contributed by atoms with Gasteiger partial charge in [-0.1, -0.05) is 46.3 Å². The smallest absolute Gasteiger partial charge is 0.164 e. The van der Waals surface area contributed by atoms with Crippen molar-refractivity contribution in [3.63, 3.8) is 0 Å². The van der Waals surface area contributed by atoms with E-state index in [1.54, 1.807) is 6.33 Å². The Morgan fingerprint density at radius 3 is 2.37 bits per heavy atom. The summed E-state index contributed by atoms with van der Waals surface area (Å²) in [6, 6.07) is 17.7. The maximum absolute atomic E-state index is 6.39. The van der Waals surface area contributed by atoms with Crippen molar-refractivity contribution in [3.05, 3.63) is 64.9 Å². The Morgan fingerprint density at radius 2 is 1.63 bits per heavy atom. The Kier molecular flexibility index (Phi) is 7.32. The van der Waals surface area contributed by atoms with Crippen LogP contribution in [-0.2, 0) is 6.54 Å². The van der Waals surface area contributed by atoms with Crippen LogP contribution < -0.4 is 11.1 Å². The normalized spacial score (nSPS) is 21.1. The molecule has 2 aromatic carbocycles. The van der Waals surface area contributed by atoms with Gasteiger partial charge in [0.15, 0.2) is 5.65 Å². The van der Waals surface area contributed by atoms with Gasteiger partial charge in [-0.15, -0.1) is 0 Å². The van der Waals surface area contributed by atoms with Gasteiger partial charge in [0, 0.05) is 54.5 Å². The fourth-order valence-electron chi connectivity index (χ4n) is 5.89. The Morgan fingerprint density at radius 1 is 0.921 bits per heavy atom. The highest BCUT2D eigenvalue weighted by molar-refractivity contribution is 9.10. The number of aromatic nitrogens is 4. The molecule has 9 heteroatoms. The van der Waals surface area contributed by atoms with Crippen LogP contribution in [0.1, 0.15) is 37.3 Å². The molecule has 0 unspecified atom stereocenters. The average molecular weight is 576 g/mol. The Labute approximate surface area is 232 Å². The Balaban J connectivity index is 1.20. The molecule has 1 saturated heterocycles. The second-order valence-electron chi connectivity index (χ2n) is 10.6. The lowest BCUT2D eigenvalue weighted by Crippen LogP contribution is -2.49. The van der Waals surface area contributed by atoms with E-state index in [0.29, 0.717) is 17.9 Å². The molecular formula is C29H35BrN8. The van der Waals surface area contributed by atoms with Crippen LogP contribution >= 0.6 is 15.9 Å². The van der Waals surface area contributed by atoms with E-state index in [1.165, 1.54) is 44.6 Å². The summed E-state index contributed by atoms with van der Waals surface area (Å²) in [5, 5.41) is 9.47. The van der Waals surface area contributed by atoms with Gasteiger partial charge in [-0.25, -0.2) is 14.6 Å². The van der Waals surface area contributed by atoms with Crippen molar-refractivity contribution in [2.75, 3.05) is 44.3 Å². The number of nitrogens with one attached hydrogen (secondary N) is 1. The summed E-state index contributed by atoms with van der Waals surface area (Å²) < 4.78 is 3.23. The number of halogens is 1. The van der Waals surface area contributed by atoms with Crippen LogP contribution in [0.2, 0.25) is 0 Å². The fraction of sp³-hybridized carbons (Fsp3) is 0.414. The summed E-state index contributed by atoms with van der Waals surface area (Å²) in [5.74, 6) is 0.485. The second-order valence-corrected chi connectivity index (χ2v) is 11.4. The van der Waals surface area contributed by atoms with Gasteiger partial charge in [-0.05, 0) is 56.5 Å². The second kappa shape index (κ2) is 11.0. The number of likely N-dealkylation sites (N-methyl/N-ethyl adjacent to an activating group) is 1. The third kappa shape index (κ3) is 5.15. The van der Waals surface area contributed by atoms with E-state index < -0.39 is 0 Å². The van der Waals surface area contributed by atoms with Crippen LogP contribution in [0, 0.1) is 0 Å². The molecule has 3 N–H and O–H groups in total. The molecule has 6 rings (SSSR count). The minimum absolute atomic E-state index is 0.328. The zero-order valence-electron chi connectivity index (χ0n) is 21.9. The number of anilines is 2. The topological polar surface area (TPSA) is 88.1 Å². The predicted octanol–water partition coefficient (Wildman–Crippen LogP) is 5.18. The van der Waals surface area contributed by atoms with Gasteiger partial charge in [0.25, 0.3) is 0 Å². The zero-order chi connectivity index (χ0) is 26.1. The van der Waals surface area contributed by atoms with Gasteiger partial charge in [-0.3, -0.25) is 4.90 Å². The summed E-state index contributed by atoms with van der Waals surface area (Å²) >= 11 is 3.62. The standard InChI is InChI=1S/C29H35BrN8/c1-36-14-16-37(17-15-36)23-10-12-24(13-11-23)38-29-26(28(31)33-19-34-29)27(35-38)20-6-8-22(9-7-20)32-18-21-4-2-3-5-25(21)30/h2-9,19,23-24,32H,10-18H2,1H3,(H2,31,33,34)/t23-,24+. The molecule has 2 aliphatic rings. The van der Waals surface area contributed by atoms with E-state index in [4.69, 9.17) is 10.8 Å². The molecule has 0 radical (unpaired) electrons. The van der Waals surface area contributed by atoms with Gasteiger partial charge in [0.1, 0.15) is 17.8 Å². The molecule has 8 nitrogen and oxygen atoms in total. The minimum Gasteiger partial charge on any atom is -0.383 e. The molecule has 0 atom stereocenters. The molecule has 0 spiro atoms. The summed E-state index contributed by atoms with van der Waals surface area (Å²) in [4.78, 5) is 14.1. The number of benzene rings is 2. The molecule has 0 bridgehead atoms. The molecule has 38 heavy (non-hydrogen) atoms. The molecule has 0 amide bonds. The zero-order valence-corrected chi connectivity index (χ0v) is 23.4. The molecule has 1 aliphatic carbocycles. The van der Waals surface area contributed by atoms with Crippen LogP contribution in [0.4, 0.5) is 11.5 Å². The highest BCUT2D eigenvalue weighted by Gasteiger charge is 2.30. The molecule has 2 aromatic heterocycles. The summed E-state index contributed by atoms with van der Waals surface area (Å²) in [7, 11) is 2.22. The fourth-order valence-corrected chi connectivity index (χ4v) is 6.32. The van der Waals surface area contributed by atoms with E-state index in [-0.39, 0.29) is 0 Å². The number of hydrogen-bond donors (Lipinski definition) is 2. The number of piperazine rings is 1. The van der Waals surface area contributed by atoms with Gasteiger partial charge in [-0.2, -0.15) is 5.10 Å². The van der Waals surface area contributed by atoms with Crippen LogP contribution in [0.5, 0.6) is 0 Å². The summed E-state index contributed by atoms with van der Waals surface area (Å²) in [6.45, 7) is 5.44. The molecule has 2 fully saturated rings. The van der Waals surface area contributed by atoms with E-state index in [0.717, 1.165) is 51.8 Å². The highest BCUT2D eigenvalue weighted by atomic mass is 79.9. The summed E-state index contributed by atoms with van der Waals surface area (Å²) in [6.07, 6.45) is 6.17. The van der Waals surface area contributed by atoms with Crippen LogP contribution in [0.25, 0.3) is 22.3 Å². The summed E-state index contributed by atoms with van der Waals surface area (Å²) in [5.41, 5.74) is 11.4. The third-order valence-corrected chi connectivity index (χ3v) is 8.96. The quantitative estimate of drug-likeness (QED) is 0.328. The molecule has 1 aliphatic heterocycles. The predicted molar refractivity (Wildman–Crippen MR) is 157 cm³/mol. The van der Waals surface area contributed by atoms with Gasteiger partial charge in [0.2, 0.25) is 0 Å². The number of rotatable bonds is 6. The number of nitrogens with zero attached hydrogens (tertiary/aromatic N) is 6. The highest BCUT2D eigenvalue weighted by Crippen LogP contribution is 2.37. The van der Waals surface area contributed by atoms with Gasteiger partial charge >= 0.3 is 0 Å². The van der Waals surface area contributed by atoms with Crippen molar-refractivity contribution in [1.82, 2.24) is 29.5 Å². The van der Waals surface area contributed by atoms with E-state index in [1.807, 2.05) is 6.07 Å². The first-order valence-corrected chi connectivity index (χ1v) is 14.3. The number of fused-ring (bicyclic) bond motifs is 1. The first kappa shape index (κ1) is 25.3. The van der Waals surface area contributed by atoms with Crippen LogP contribution in [0.3, 0.4) is 0 Å². The van der Waals surface area contributed by atoms with Crippen molar-refractivity contribution in [3.8, 4) is 11.3 Å². The SMILES string of the molecule is CN1CCN([C@H]2CC[C@@H](n3nc(-c4ccc(NCc5ccccc5Br)cc4)c4c(N)ncnc43)CC2)CC1.